The van der Waals surface area contributed by atoms with Crippen LogP contribution in [0.4, 0.5) is 0 Å². The molecule has 240 valence electrons. The Morgan fingerprint density at radius 1 is 0.212 bits per heavy atom. The van der Waals surface area contributed by atoms with Gasteiger partial charge in [0.25, 0.3) is 0 Å². The summed E-state index contributed by atoms with van der Waals surface area (Å²) in [7, 11) is 0. The first-order chi connectivity index (χ1) is 25.8. The summed E-state index contributed by atoms with van der Waals surface area (Å²) in [5.41, 5.74) is 16.1. The second kappa shape index (κ2) is 11.4. The highest BCUT2D eigenvalue weighted by molar-refractivity contribution is 6.27. The minimum absolute atomic E-state index is 1.27. The maximum Gasteiger partial charge on any atom is -0.000742 e. The third-order valence-corrected chi connectivity index (χ3v) is 11.2. The van der Waals surface area contributed by atoms with Crippen LogP contribution in [0.5, 0.6) is 0 Å². The van der Waals surface area contributed by atoms with Gasteiger partial charge in [0.2, 0.25) is 0 Å². The van der Waals surface area contributed by atoms with Gasteiger partial charge in [0, 0.05) is 0 Å². The fraction of sp³-hybridized carbons (Fsp3) is 0. The molecule has 0 saturated heterocycles. The molecule has 52 heavy (non-hydrogen) atoms. The van der Waals surface area contributed by atoms with Crippen molar-refractivity contribution in [3.05, 3.63) is 194 Å². The summed E-state index contributed by atoms with van der Waals surface area (Å²) in [6, 6.07) is 70.6. The summed E-state index contributed by atoms with van der Waals surface area (Å²) in [6.07, 6.45) is 0. The Hall–Kier alpha value is -6.76. The van der Waals surface area contributed by atoms with Crippen molar-refractivity contribution in [2.75, 3.05) is 0 Å². The van der Waals surface area contributed by atoms with E-state index in [9.17, 15) is 0 Å². The van der Waals surface area contributed by atoms with Crippen LogP contribution in [0.1, 0.15) is 0 Å². The Balaban J connectivity index is 0.000000137. The molecule has 0 heterocycles. The van der Waals surface area contributed by atoms with Crippen LogP contribution in [0.25, 0.3) is 110 Å². The lowest BCUT2D eigenvalue weighted by molar-refractivity contribution is 1.62. The SMILES string of the molecule is c1ccc(-c2c3c(c(-c4ccccc4)c4ccccc24)-c2cccc4cccc-3c24)cc1.c1ccc2cc3c(cc2c1)-c1cccc2cccc-3c12. The summed E-state index contributed by atoms with van der Waals surface area (Å²) in [5.74, 6) is 0. The van der Waals surface area contributed by atoms with Crippen molar-refractivity contribution in [2.45, 2.75) is 0 Å². The van der Waals surface area contributed by atoms with E-state index in [1.807, 2.05) is 0 Å². The summed E-state index contributed by atoms with van der Waals surface area (Å²) in [6.45, 7) is 0. The van der Waals surface area contributed by atoms with Gasteiger partial charge in [-0.3, -0.25) is 0 Å². The van der Waals surface area contributed by atoms with E-state index in [0.717, 1.165) is 0 Å². The van der Waals surface area contributed by atoms with Crippen LogP contribution >= 0.6 is 0 Å². The monoisotopic (exact) mass is 656 g/mol. The molecule has 0 fully saturated rings. The fourth-order valence-corrected chi connectivity index (χ4v) is 9.02. The largest absolute Gasteiger partial charge is 0.0622 e. The standard InChI is InChI=1S/C32H20.C20H12/c1-3-11-22(12-4-1)29-24-17-7-8-18-25(24)30(23-13-5-2-6-14-23)32-27-20-10-16-21-15-9-19-26(28(21)27)31(29)32;1-2-6-15-12-19-17-10-4-8-13-7-3-9-16(20(13)17)18(19)11-14(15)5-1/h1-20H;1-12H. The predicted octanol–water partition coefficient (Wildman–Crippen LogP) is 14.6. The summed E-state index contributed by atoms with van der Waals surface area (Å²) >= 11 is 0. The highest BCUT2D eigenvalue weighted by Gasteiger charge is 2.30. The van der Waals surface area contributed by atoms with Crippen LogP contribution < -0.4 is 0 Å². The molecule has 10 aromatic carbocycles. The Kier molecular flexibility index (Phi) is 6.35. The number of benzene rings is 10. The quantitative estimate of drug-likeness (QED) is 0.174. The first kappa shape index (κ1) is 29.0. The molecule has 0 spiro atoms. The Bertz CT molecular complexity index is 2840. The number of rotatable bonds is 2. The van der Waals surface area contributed by atoms with Crippen LogP contribution in [-0.2, 0) is 0 Å². The molecular formula is C52H32. The molecule has 0 amide bonds. The molecule has 10 aromatic rings. The van der Waals surface area contributed by atoms with E-state index < -0.39 is 0 Å². The molecule has 2 aliphatic rings. The fourth-order valence-electron chi connectivity index (χ4n) is 9.02. The van der Waals surface area contributed by atoms with Crippen LogP contribution in [0.15, 0.2) is 194 Å². The van der Waals surface area contributed by atoms with Gasteiger partial charge >= 0.3 is 0 Å². The van der Waals surface area contributed by atoms with Crippen molar-refractivity contribution in [3.8, 4) is 66.8 Å². The zero-order valence-corrected chi connectivity index (χ0v) is 28.5. The van der Waals surface area contributed by atoms with Gasteiger partial charge < -0.3 is 0 Å². The molecule has 0 heteroatoms. The van der Waals surface area contributed by atoms with Gasteiger partial charge in [0.15, 0.2) is 0 Å². The van der Waals surface area contributed by atoms with Crippen molar-refractivity contribution in [3.63, 3.8) is 0 Å². The lowest BCUT2D eigenvalue weighted by Crippen LogP contribution is -1.93. The topological polar surface area (TPSA) is 0 Å². The molecule has 0 aromatic heterocycles. The molecular weight excluding hydrogens is 625 g/mol. The first-order valence-electron chi connectivity index (χ1n) is 18.1. The Morgan fingerprint density at radius 2 is 0.558 bits per heavy atom. The van der Waals surface area contributed by atoms with Gasteiger partial charge in [-0.2, -0.15) is 0 Å². The van der Waals surface area contributed by atoms with E-state index in [1.54, 1.807) is 0 Å². The zero-order valence-electron chi connectivity index (χ0n) is 28.5. The van der Waals surface area contributed by atoms with Gasteiger partial charge in [-0.1, -0.05) is 182 Å². The average Bonchev–Trinajstić information content (AvgIpc) is 3.71. The van der Waals surface area contributed by atoms with Gasteiger partial charge in [0.05, 0.1) is 0 Å². The molecule has 0 bridgehead atoms. The van der Waals surface area contributed by atoms with Crippen molar-refractivity contribution < 1.29 is 0 Å². The second-order valence-electron chi connectivity index (χ2n) is 13.9. The van der Waals surface area contributed by atoms with Crippen molar-refractivity contribution >= 4 is 43.1 Å². The average molecular weight is 657 g/mol. The summed E-state index contributed by atoms with van der Waals surface area (Å²) in [5, 5.41) is 10.7. The Morgan fingerprint density at radius 3 is 1.00 bits per heavy atom. The highest BCUT2D eigenvalue weighted by Crippen LogP contribution is 2.57. The molecule has 2 aliphatic carbocycles. The first-order valence-corrected chi connectivity index (χ1v) is 18.1. The molecule has 0 aliphatic heterocycles. The van der Waals surface area contributed by atoms with Crippen molar-refractivity contribution in [1.29, 1.82) is 0 Å². The molecule has 0 unspecified atom stereocenters. The molecule has 12 rings (SSSR count). The molecule has 0 nitrogen and oxygen atoms in total. The molecule has 0 saturated carbocycles. The van der Waals surface area contributed by atoms with E-state index in [-0.39, 0.29) is 0 Å². The zero-order chi connectivity index (χ0) is 34.2. The summed E-state index contributed by atoms with van der Waals surface area (Å²) < 4.78 is 0. The maximum absolute atomic E-state index is 2.33. The number of hydrogen-bond acceptors (Lipinski definition) is 0. The van der Waals surface area contributed by atoms with Crippen LogP contribution in [0, 0.1) is 0 Å². The highest BCUT2D eigenvalue weighted by atomic mass is 14.3. The van der Waals surface area contributed by atoms with E-state index >= 15 is 0 Å². The lowest BCUT2D eigenvalue weighted by Gasteiger charge is -2.20. The van der Waals surface area contributed by atoms with Gasteiger partial charge in [0.1, 0.15) is 0 Å². The third kappa shape index (κ3) is 4.22. The van der Waals surface area contributed by atoms with Gasteiger partial charge in [-0.15, -0.1) is 0 Å². The normalized spacial score (nSPS) is 11.8. The van der Waals surface area contributed by atoms with E-state index in [4.69, 9.17) is 0 Å². The number of hydrogen-bond donors (Lipinski definition) is 0. The molecule has 0 radical (unpaired) electrons. The van der Waals surface area contributed by atoms with Crippen molar-refractivity contribution in [1.82, 2.24) is 0 Å². The Labute approximate surface area is 302 Å². The van der Waals surface area contributed by atoms with Crippen LogP contribution in [0.3, 0.4) is 0 Å². The van der Waals surface area contributed by atoms with E-state index in [1.165, 1.54) is 110 Å². The minimum Gasteiger partial charge on any atom is -0.0622 e. The van der Waals surface area contributed by atoms with E-state index in [2.05, 4.69) is 194 Å². The lowest BCUT2D eigenvalue weighted by atomic mass is 9.82. The number of fused-ring (bicyclic) bond motifs is 8. The third-order valence-electron chi connectivity index (χ3n) is 11.2. The smallest absolute Gasteiger partial charge is 0.000742 e. The maximum atomic E-state index is 2.33. The predicted molar refractivity (Wildman–Crippen MR) is 223 cm³/mol. The summed E-state index contributed by atoms with van der Waals surface area (Å²) in [4.78, 5) is 0. The second-order valence-corrected chi connectivity index (χ2v) is 13.9. The minimum atomic E-state index is 1.27. The van der Waals surface area contributed by atoms with Gasteiger partial charge in [-0.05, 0) is 122 Å². The van der Waals surface area contributed by atoms with Crippen molar-refractivity contribution in [2.24, 2.45) is 0 Å². The van der Waals surface area contributed by atoms with E-state index in [0.29, 0.717) is 0 Å². The van der Waals surface area contributed by atoms with Crippen LogP contribution in [0.2, 0.25) is 0 Å². The molecule has 0 atom stereocenters. The van der Waals surface area contributed by atoms with Crippen LogP contribution in [-0.4, -0.2) is 0 Å². The molecule has 0 N–H and O–H groups in total. The van der Waals surface area contributed by atoms with Gasteiger partial charge in [-0.25, -0.2) is 0 Å².